The summed E-state index contributed by atoms with van der Waals surface area (Å²) in [5.41, 5.74) is 3.07. The number of fused-ring (bicyclic) bond motifs is 3. The van der Waals surface area contributed by atoms with Crippen LogP contribution in [0.1, 0.15) is 37.3 Å². The highest BCUT2D eigenvalue weighted by atomic mass is 32.2. The Bertz CT molecular complexity index is 1670. The molecule has 0 amide bonds. The van der Waals surface area contributed by atoms with Crippen molar-refractivity contribution in [2.75, 3.05) is 35.8 Å². The van der Waals surface area contributed by atoms with E-state index in [0.717, 1.165) is 31.6 Å². The van der Waals surface area contributed by atoms with Gasteiger partial charge in [-0.15, -0.1) is 0 Å². The van der Waals surface area contributed by atoms with Gasteiger partial charge in [-0.25, -0.2) is 18.6 Å². The van der Waals surface area contributed by atoms with Gasteiger partial charge in [-0.3, -0.25) is 4.57 Å². The normalized spacial score (nSPS) is 20.9. The first-order valence-corrected chi connectivity index (χ1v) is 15.7. The molecule has 1 aromatic carbocycles. The molecule has 2 atom stereocenters. The molecule has 5 heterocycles. The van der Waals surface area contributed by atoms with Crippen molar-refractivity contribution in [1.82, 2.24) is 24.8 Å². The quantitative estimate of drug-likeness (QED) is 0.356. The molecule has 2 N–H and O–H groups in total. The summed E-state index contributed by atoms with van der Waals surface area (Å²) in [6, 6.07) is 14.8. The maximum Gasteiger partial charge on any atom is 0.229 e. The smallest absolute Gasteiger partial charge is 0.229 e. The molecule has 0 unspecified atom stereocenters. The van der Waals surface area contributed by atoms with Crippen molar-refractivity contribution < 1.29 is 8.60 Å². The summed E-state index contributed by atoms with van der Waals surface area (Å²) in [6.45, 7) is 2.07. The van der Waals surface area contributed by atoms with Gasteiger partial charge in [0.1, 0.15) is 5.82 Å². The van der Waals surface area contributed by atoms with Crippen LogP contribution in [0.4, 0.5) is 27.5 Å². The molecule has 0 spiro atoms. The molecule has 3 fully saturated rings. The van der Waals surface area contributed by atoms with Crippen LogP contribution in [0, 0.1) is 5.82 Å². The van der Waals surface area contributed by atoms with Gasteiger partial charge in [-0.05, 0) is 62.1 Å². The number of anilines is 3. The lowest BCUT2D eigenvalue weighted by molar-refractivity contribution is 0.466. The Morgan fingerprint density at radius 2 is 1.77 bits per heavy atom. The van der Waals surface area contributed by atoms with Crippen LogP contribution in [0.5, 0.6) is 0 Å². The largest absolute Gasteiger partial charge is 0.368 e. The first-order valence-electron chi connectivity index (χ1n) is 13.4. The predicted octanol–water partition coefficient (Wildman–Crippen LogP) is 4.88. The Morgan fingerprint density at radius 1 is 1.03 bits per heavy atom. The summed E-state index contributed by atoms with van der Waals surface area (Å²) < 4.78 is 33.9. The lowest BCUT2D eigenvalue weighted by Gasteiger charge is -2.34. The van der Waals surface area contributed by atoms with Crippen LogP contribution in [-0.2, 0) is 9.73 Å². The fourth-order valence-electron chi connectivity index (χ4n) is 5.76. The standard InChI is InChI=1S/C28H31FN8OS/c1-39(2,38)35-23-4-3-5-24(33-23)37-26(17-6-7-17)25(29)22-14-30-28(34-27(22)37)32-18-10-12-21(13-11-18)36-15-19-8-9-20(16-36)31-19/h3-5,10-14,17,19-20,31H,6-9,15-16H2,1-2H3,(H,30,32,34)/t19-,20+. The lowest BCUT2D eigenvalue weighted by Crippen LogP contribution is -2.51. The average Bonchev–Trinajstić information content (AvgIpc) is 3.63. The Labute approximate surface area is 227 Å². The highest BCUT2D eigenvalue weighted by molar-refractivity contribution is 7.92. The molecule has 7 rings (SSSR count). The molecule has 11 heteroatoms. The van der Waals surface area contributed by atoms with E-state index >= 15 is 4.39 Å². The minimum atomic E-state index is -2.39. The van der Waals surface area contributed by atoms with Gasteiger partial charge in [-0.1, -0.05) is 6.07 Å². The number of rotatable bonds is 6. The molecular formula is C28H31FN8OS. The highest BCUT2D eigenvalue weighted by Crippen LogP contribution is 2.45. The van der Waals surface area contributed by atoms with Gasteiger partial charge in [0, 0.05) is 70.9 Å². The van der Waals surface area contributed by atoms with E-state index in [4.69, 9.17) is 4.98 Å². The van der Waals surface area contributed by atoms with Crippen molar-refractivity contribution >= 4 is 43.9 Å². The Hall–Kier alpha value is -3.57. The lowest BCUT2D eigenvalue weighted by atomic mass is 10.2. The van der Waals surface area contributed by atoms with Crippen LogP contribution < -0.4 is 15.5 Å². The third-order valence-electron chi connectivity index (χ3n) is 7.61. The van der Waals surface area contributed by atoms with Gasteiger partial charge >= 0.3 is 0 Å². The molecule has 0 radical (unpaired) electrons. The second-order valence-corrected chi connectivity index (χ2v) is 13.6. The maximum atomic E-state index is 15.6. The zero-order chi connectivity index (χ0) is 26.7. The number of benzene rings is 1. The minimum absolute atomic E-state index is 0.104. The van der Waals surface area contributed by atoms with E-state index < -0.39 is 9.73 Å². The Kier molecular flexibility index (Phi) is 5.82. The fourth-order valence-corrected chi connectivity index (χ4v) is 6.32. The topological polar surface area (TPSA) is 100 Å². The highest BCUT2D eigenvalue weighted by Gasteiger charge is 2.34. The zero-order valence-electron chi connectivity index (χ0n) is 22.0. The molecule has 4 aromatic rings. The van der Waals surface area contributed by atoms with Crippen LogP contribution >= 0.6 is 0 Å². The number of nitrogens with one attached hydrogen (secondary N) is 2. The summed E-state index contributed by atoms with van der Waals surface area (Å²) in [4.78, 5) is 16.2. The van der Waals surface area contributed by atoms with Crippen molar-refractivity contribution in [3.8, 4) is 5.82 Å². The summed E-state index contributed by atoms with van der Waals surface area (Å²) in [5.74, 6) is 1.01. The van der Waals surface area contributed by atoms with Crippen LogP contribution in [0.15, 0.2) is 53.0 Å². The summed E-state index contributed by atoms with van der Waals surface area (Å²) in [6.07, 6.45) is 8.98. The molecule has 2 saturated heterocycles. The number of aromatic nitrogens is 4. The van der Waals surface area contributed by atoms with E-state index in [-0.39, 0.29) is 11.7 Å². The van der Waals surface area contributed by atoms with Gasteiger partial charge in [0.25, 0.3) is 0 Å². The SMILES string of the molecule is CS(C)(=O)=Nc1cccc(-n2c(C3CC3)c(F)c3cnc(Nc4ccc(N5C[C@H]6CC[C@@H](C5)N6)cc4)nc32)n1. The second kappa shape index (κ2) is 9.27. The summed E-state index contributed by atoms with van der Waals surface area (Å²) in [5, 5.41) is 7.31. The van der Waals surface area contributed by atoms with E-state index in [9.17, 15) is 4.21 Å². The van der Waals surface area contributed by atoms with Crippen molar-refractivity contribution in [2.24, 2.45) is 4.36 Å². The number of piperazine rings is 1. The molecular weight excluding hydrogens is 515 g/mol. The van der Waals surface area contributed by atoms with Gasteiger partial charge in [-0.2, -0.15) is 9.35 Å². The molecule has 2 bridgehead atoms. The van der Waals surface area contributed by atoms with Gasteiger partial charge in [0.05, 0.1) is 11.1 Å². The second-order valence-electron chi connectivity index (χ2n) is 11.1. The number of halogens is 1. The van der Waals surface area contributed by atoms with Crippen LogP contribution in [-0.4, -0.2) is 61.4 Å². The predicted molar refractivity (Wildman–Crippen MR) is 153 cm³/mol. The van der Waals surface area contributed by atoms with E-state index in [2.05, 4.69) is 42.0 Å². The van der Waals surface area contributed by atoms with Crippen LogP contribution in [0.25, 0.3) is 16.9 Å². The monoisotopic (exact) mass is 546 g/mol. The van der Waals surface area contributed by atoms with E-state index in [1.807, 2.05) is 12.1 Å². The first-order chi connectivity index (χ1) is 18.8. The number of hydrogen-bond acceptors (Lipinski definition) is 8. The Morgan fingerprint density at radius 3 is 2.46 bits per heavy atom. The van der Waals surface area contributed by atoms with Crippen molar-refractivity contribution in [1.29, 1.82) is 0 Å². The van der Waals surface area contributed by atoms with Crippen molar-refractivity contribution in [2.45, 2.75) is 43.7 Å². The molecule has 9 nitrogen and oxygen atoms in total. The molecule has 3 aliphatic rings. The van der Waals surface area contributed by atoms with Crippen molar-refractivity contribution in [3.63, 3.8) is 0 Å². The Balaban J connectivity index is 1.22. The molecule has 1 aliphatic carbocycles. The molecule has 3 aromatic heterocycles. The molecule has 39 heavy (non-hydrogen) atoms. The summed E-state index contributed by atoms with van der Waals surface area (Å²) >= 11 is 0. The number of nitrogens with zero attached hydrogens (tertiary/aromatic N) is 6. The number of hydrogen-bond donors (Lipinski definition) is 2. The summed E-state index contributed by atoms with van der Waals surface area (Å²) in [7, 11) is -2.39. The first kappa shape index (κ1) is 24.5. The zero-order valence-corrected chi connectivity index (χ0v) is 22.8. The third kappa shape index (κ3) is 4.85. The van der Waals surface area contributed by atoms with Gasteiger partial charge in [0.15, 0.2) is 17.3 Å². The number of pyridine rings is 1. The van der Waals surface area contributed by atoms with Crippen molar-refractivity contribution in [3.05, 3.63) is 60.2 Å². The maximum absolute atomic E-state index is 15.6. The van der Waals surface area contributed by atoms with Gasteiger partial charge in [0.2, 0.25) is 5.95 Å². The van der Waals surface area contributed by atoms with E-state index in [1.54, 1.807) is 35.3 Å². The van der Waals surface area contributed by atoms with E-state index in [1.165, 1.54) is 24.7 Å². The molecule has 2 aliphatic heterocycles. The molecule has 202 valence electrons. The van der Waals surface area contributed by atoms with Crippen LogP contribution in [0.3, 0.4) is 0 Å². The average molecular weight is 547 g/mol. The molecule has 1 saturated carbocycles. The minimum Gasteiger partial charge on any atom is -0.368 e. The van der Waals surface area contributed by atoms with Gasteiger partial charge < -0.3 is 15.5 Å². The van der Waals surface area contributed by atoms with E-state index in [0.29, 0.717) is 46.4 Å². The fraction of sp³-hybridized carbons (Fsp3) is 0.393. The third-order valence-corrected chi connectivity index (χ3v) is 8.24. The van der Waals surface area contributed by atoms with Crippen LogP contribution in [0.2, 0.25) is 0 Å².